The van der Waals surface area contributed by atoms with Crippen LogP contribution in [-0.2, 0) is 9.59 Å². The van der Waals surface area contributed by atoms with Gasteiger partial charge in [-0.05, 0) is 12.8 Å². The van der Waals surface area contributed by atoms with Gasteiger partial charge in [0, 0.05) is 12.5 Å². The number of amides is 3. The second-order valence-electron chi connectivity index (χ2n) is 3.97. The molecule has 1 aliphatic carbocycles. The van der Waals surface area contributed by atoms with Crippen LogP contribution in [0.25, 0.3) is 0 Å². The second-order valence-corrected chi connectivity index (χ2v) is 3.97. The Balaban J connectivity index is 2.24. The Kier molecular flexibility index (Phi) is 4.99. The van der Waals surface area contributed by atoms with Crippen molar-refractivity contribution >= 4 is 17.9 Å². The number of carbonyl (C=O) groups is 3. The van der Waals surface area contributed by atoms with Crippen LogP contribution in [0, 0.1) is 12.3 Å². The molecule has 7 nitrogen and oxygen atoms in total. The van der Waals surface area contributed by atoms with Gasteiger partial charge in [-0.2, -0.15) is 0 Å². The number of carboxylic acids is 1. The molecule has 0 aromatic carbocycles. The minimum Gasteiger partial charge on any atom is -0.480 e. The lowest BCUT2D eigenvalue weighted by atomic mass is 10.2. The van der Waals surface area contributed by atoms with E-state index in [0.29, 0.717) is 0 Å². The maximum absolute atomic E-state index is 11.3. The van der Waals surface area contributed by atoms with Gasteiger partial charge in [0.15, 0.2) is 0 Å². The average molecular weight is 253 g/mol. The van der Waals surface area contributed by atoms with Crippen molar-refractivity contribution in [3.63, 3.8) is 0 Å². The normalized spacial score (nSPS) is 15.1. The minimum absolute atomic E-state index is 0.114. The number of nitrogens with one attached hydrogen (secondary N) is 3. The van der Waals surface area contributed by atoms with Crippen molar-refractivity contribution < 1.29 is 19.5 Å². The third-order valence-electron chi connectivity index (χ3n) is 2.28. The summed E-state index contributed by atoms with van der Waals surface area (Å²) in [4.78, 5) is 33.2. The zero-order valence-electron chi connectivity index (χ0n) is 9.73. The Bertz CT molecular complexity index is 384. The van der Waals surface area contributed by atoms with Crippen LogP contribution < -0.4 is 16.0 Å². The molecule has 1 fully saturated rings. The van der Waals surface area contributed by atoms with Gasteiger partial charge in [-0.3, -0.25) is 4.79 Å². The quantitative estimate of drug-likeness (QED) is 0.457. The lowest BCUT2D eigenvalue weighted by Gasteiger charge is -2.12. The SMILES string of the molecule is C#CCC(NC(=O)NCC(=O)NC1CC1)C(=O)O. The number of terminal acetylenes is 1. The van der Waals surface area contributed by atoms with Crippen molar-refractivity contribution in [1.82, 2.24) is 16.0 Å². The molecule has 0 aliphatic heterocycles. The first-order valence-electron chi connectivity index (χ1n) is 5.53. The van der Waals surface area contributed by atoms with Crippen molar-refractivity contribution in [3.05, 3.63) is 0 Å². The van der Waals surface area contributed by atoms with Gasteiger partial charge in [-0.15, -0.1) is 12.3 Å². The van der Waals surface area contributed by atoms with Crippen molar-refractivity contribution in [3.8, 4) is 12.3 Å². The summed E-state index contributed by atoms with van der Waals surface area (Å²) < 4.78 is 0. The van der Waals surface area contributed by atoms with Gasteiger partial charge in [-0.25, -0.2) is 9.59 Å². The van der Waals surface area contributed by atoms with Crippen LogP contribution in [0.4, 0.5) is 4.79 Å². The summed E-state index contributed by atoms with van der Waals surface area (Å²) in [6.07, 6.45) is 6.78. The lowest BCUT2D eigenvalue weighted by Crippen LogP contribution is -2.48. The van der Waals surface area contributed by atoms with Gasteiger partial charge in [0.05, 0.1) is 6.54 Å². The molecule has 0 heterocycles. The molecule has 1 rings (SSSR count). The van der Waals surface area contributed by atoms with Crippen LogP contribution in [0.15, 0.2) is 0 Å². The predicted molar refractivity (Wildman–Crippen MR) is 62.6 cm³/mol. The van der Waals surface area contributed by atoms with E-state index in [9.17, 15) is 14.4 Å². The first-order chi connectivity index (χ1) is 8.52. The molecule has 0 radical (unpaired) electrons. The fraction of sp³-hybridized carbons (Fsp3) is 0.545. The third kappa shape index (κ3) is 5.21. The molecule has 18 heavy (non-hydrogen) atoms. The Labute approximate surface area is 104 Å². The zero-order valence-corrected chi connectivity index (χ0v) is 9.73. The fourth-order valence-electron chi connectivity index (χ4n) is 1.19. The highest BCUT2D eigenvalue weighted by Gasteiger charge is 2.23. The number of aliphatic carboxylic acids is 1. The van der Waals surface area contributed by atoms with Crippen LogP contribution in [0.5, 0.6) is 0 Å². The highest BCUT2D eigenvalue weighted by molar-refractivity contribution is 5.86. The molecule has 0 bridgehead atoms. The van der Waals surface area contributed by atoms with Gasteiger partial charge in [-0.1, -0.05) is 0 Å². The van der Waals surface area contributed by atoms with Crippen molar-refractivity contribution in [2.75, 3.05) is 6.54 Å². The monoisotopic (exact) mass is 253 g/mol. The van der Waals surface area contributed by atoms with E-state index < -0.39 is 18.0 Å². The van der Waals surface area contributed by atoms with Crippen LogP contribution in [0.1, 0.15) is 19.3 Å². The smallest absolute Gasteiger partial charge is 0.327 e. The van der Waals surface area contributed by atoms with Crippen molar-refractivity contribution in [1.29, 1.82) is 0 Å². The molecule has 0 aromatic rings. The molecule has 1 aliphatic rings. The molecule has 1 saturated carbocycles. The summed E-state index contributed by atoms with van der Waals surface area (Å²) in [5.74, 6) is 0.639. The minimum atomic E-state index is -1.22. The van der Waals surface area contributed by atoms with Gasteiger partial charge in [0.2, 0.25) is 5.91 Å². The topological polar surface area (TPSA) is 108 Å². The van der Waals surface area contributed by atoms with E-state index in [1.54, 1.807) is 0 Å². The van der Waals surface area contributed by atoms with E-state index in [2.05, 4.69) is 21.9 Å². The number of rotatable bonds is 6. The molecular weight excluding hydrogens is 238 g/mol. The van der Waals surface area contributed by atoms with E-state index in [1.807, 2.05) is 0 Å². The largest absolute Gasteiger partial charge is 0.480 e. The van der Waals surface area contributed by atoms with Crippen LogP contribution in [0.3, 0.4) is 0 Å². The molecule has 0 aromatic heterocycles. The number of hydrogen-bond acceptors (Lipinski definition) is 3. The van der Waals surface area contributed by atoms with E-state index in [4.69, 9.17) is 11.5 Å². The Hall–Kier alpha value is -2.23. The Morgan fingerprint density at radius 2 is 2.06 bits per heavy atom. The first-order valence-corrected chi connectivity index (χ1v) is 5.53. The maximum atomic E-state index is 11.3. The van der Waals surface area contributed by atoms with E-state index in [1.165, 1.54) is 0 Å². The summed E-state index contributed by atoms with van der Waals surface area (Å²) in [6.45, 7) is -0.190. The lowest BCUT2D eigenvalue weighted by molar-refractivity contribution is -0.139. The Morgan fingerprint density at radius 3 is 2.56 bits per heavy atom. The molecule has 0 spiro atoms. The van der Waals surface area contributed by atoms with E-state index in [-0.39, 0.29) is 24.9 Å². The van der Waals surface area contributed by atoms with Crippen molar-refractivity contribution in [2.45, 2.75) is 31.3 Å². The average Bonchev–Trinajstić information content (AvgIpc) is 3.09. The van der Waals surface area contributed by atoms with E-state index >= 15 is 0 Å². The highest BCUT2D eigenvalue weighted by Crippen LogP contribution is 2.18. The third-order valence-corrected chi connectivity index (χ3v) is 2.28. The number of carboxylic acid groups (broad SMARTS) is 1. The summed E-state index contributed by atoms with van der Waals surface area (Å²) in [7, 11) is 0. The van der Waals surface area contributed by atoms with Gasteiger partial charge >= 0.3 is 12.0 Å². The summed E-state index contributed by atoms with van der Waals surface area (Å²) >= 11 is 0. The molecule has 1 unspecified atom stereocenters. The van der Waals surface area contributed by atoms with Crippen LogP contribution >= 0.6 is 0 Å². The molecule has 98 valence electrons. The first kappa shape index (κ1) is 13.8. The zero-order chi connectivity index (χ0) is 13.5. The highest BCUT2D eigenvalue weighted by atomic mass is 16.4. The second kappa shape index (κ2) is 6.49. The summed E-state index contributed by atoms with van der Waals surface area (Å²) in [5.41, 5.74) is 0. The number of urea groups is 1. The maximum Gasteiger partial charge on any atom is 0.327 e. The number of hydrogen-bond donors (Lipinski definition) is 4. The summed E-state index contributed by atoms with van der Waals surface area (Å²) in [6, 6.07) is -1.67. The summed E-state index contributed by atoms with van der Waals surface area (Å²) in [5, 5.41) is 15.9. The number of carbonyl (C=O) groups excluding carboxylic acids is 2. The molecule has 0 saturated heterocycles. The van der Waals surface area contributed by atoms with Crippen LogP contribution in [0.2, 0.25) is 0 Å². The van der Waals surface area contributed by atoms with Gasteiger partial charge in [0.25, 0.3) is 0 Å². The fourth-order valence-corrected chi connectivity index (χ4v) is 1.19. The van der Waals surface area contributed by atoms with Crippen LogP contribution in [-0.4, -0.2) is 41.6 Å². The molecule has 7 heteroatoms. The van der Waals surface area contributed by atoms with E-state index in [0.717, 1.165) is 12.8 Å². The van der Waals surface area contributed by atoms with Crippen molar-refractivity contribution in [2.24, 2.45) is 0 Å². The molecule has 1 atom stereocenters. The molecule has 4 N–H and O–H groups in total. The van der Waals surface area contributed by atoms with Gasteiger partial charge in [0.1, 0.15) is 6.04 Å². The standard InChI is InChI=1S/C11H15N3O4/c1-2-3-8(10(16)17)14-11(18)12-6-9(15)13-7-4-5-7/h1,7-8H,3-6H2,(H,13,15)(H,16,17)(H2,12,14,18). The van der Waals surface area contributed by atoms with Gasteiger partial charge < -0.3 is 21.1 Å². The predicted octanol–water partition coefficient (Wildman–Crippen LogP) is -0.959. The molecule has 3 amide bonds. The molecular formula is C11H15N3O4. The Morgan fingerprint density at radius 1 is 1.39 bits per heavy atom.